The lowest BCUT2D eigenvalue weighted by molar-refractivity contribution is 0.265. The molecule has 0 bridgehead atoms. The molecule has 0 fully saturated rings. The molecule has 0 amide bonds. The number of hydrogen-bond acceptors (Lipinski definition) is 3. The van der Waals surface area contributed by atoms with Crippen LogP contribution in [0.3, 0.4) is 0 Å². The van der Waals surface area contributed by atoms with Crippen molar-refractivity contribution in [2.45, 2.75) is 26.6 Å². The molecule has 1 N–H and O–H groups in total. The maximum atomic E-state index is 13.8. The standard InChI is InChI=1S/C23H22ClF2NO2/c1-2-28-22-11-18(14-27-13-16-7-9-19(25)10-8-16)20(24)12-23(22)29-15-17-5-3-4-6-21(17)26/h3-12,27H,2,13-15H2,1H3. The molecule has 3 aromatic carbocycles. The molecule has 3 rings (SSSR count). The van der Waals surface area contributed by atoms with Crippen molar-refractivity contribution in [1.29, 1.82) is 0 Å². The topological polar surface area (TPSA) is 30.5 Å². The molecule has 0 radical (unpaired) electrons. The highest BCUT2D eigenvalue weighted by Gasteiger charge is 2.12. The van der Waals surface area contributed by atoms with Crippen molar-refractivity contribution in [3.63, 3.8) is 0 Å². The third-order valence-corrected chi connectivity index (χ3v) is 4.66. The number of benzene rings is 3. The Morgan fingerprint density at radius 1 is 0.862 bits per heavy atom. The summed E-state index contributed by atoms with van der Waals surface area (Å²) < 4.78 is 38.3. The molecule has 0 aliphatic heterocycles. The van der Waals surface area contributed by atoms with E-state index in [-0.39, 0.29) is 18.2 Å². The molecule has 0 unspecified atom stereocenters. The van der Waals surface area contributed by atoms with Crippen LogP contribution in [-0.4, -0.2) is 6.61 Å². The largest absolute Gasteiger partial charge is 0.490 e. The van der Waals surface area contributed by atoms with Crippen LogP contribution in [0.2, 0.25) is 5.02 Å². The van der Waals surface area contributed by atoms with Gasteiger partial charge >= 0.3 is 0 Å². The number of hydrogen-bond donors (Lipinski definition) is 1. The average molecular weight is 418 g/mol. The van der Waals surface area contributed by atoms with E-state index in [4.69, 9.17) is 21.1 Å². The van der Waals surface area contributed by atoms with Gasteiger partial charge in [-0.25, -0.2) is 8.78 Å². The zero-order valence-electron chi connectivity index (χ0n) is 16.1. The molecule has 0 atom stereocenters. The van der Waals surface area contributed by atoms with E-state index >= 15 is 0 Å². The molecule has 3 aromatic rings. The van der Waals surface area contributed by atoms with E-state index in [0.29, 0.717) is 41.8 Å². The second-order valence-electron chi connectivity index (χ2n) is 6.43. The van der Waals surface area contributed by atoms with Crippen molar-refractivity contribution in [1.82, 2.24) is 5.32 Å². The van der Waals surface area contributed by atoms with E-state index in [1.807, 2.05) is 13.0 Å². The van der Waals surface area contributed by atoms with Gasteiger partial charge in [-0.1, -0.05) is 41.9 Å². The molecule has 152 valence electrons. The molecular weight excluding hydrogens is 396 g/mol. The fourth-order valence-electron chi connectivity index (χ4n) is 2.81. The van der Waals surface area contributed by atoms with Crippen molar-refractivity contribution in [2.24, 2.45) is 0 Å². The highest BCUT2D eigenvalue weighted by Crippen LogP contribution is 2.34. The van der Waals surface area contributed by atoms with E-state index in [9.17, 15) is 8.78 Å². The summed E-state index contributed by atoms with van der Waals surface area (Å²) >= 11 is 6.42. The van der Waals surface area contributed by atoms with Crippen molar-refractivity contribution >= 4 is 11.6 Å². The minimum atomic E-state index is -0.321. The van der Waals surface area contributed by atoms with Crippen molar-refractivity contribution in [3.05, 3.63) is 94.0 Å². The summed E-state index contributed by atoms with van der Waals surface area (Å²) in [5.74, 6) is 0.427. The Balaban J connectivity index is 1.68. The smallest absolute Gasteiger partial charge is 0.163 e. The maximum Gasteiger partial charge on any atom is 0.163 e. The Morgan fingerprint density at radius 3 is 2.31 bits per heavy atom. The van der Waals surface area contributed by atoms with Gasteiger partial charge in [0.25, 0.3) is 0 Å². The molecule has 0 aliphatic rings. The van der Waals surface area contributed by atoms with Crippen molar-refractivity contribution in [2.75, 3.05) is 6.61 Å². The Hall–Kier alpha value is -2.63. The normalized spacial score (nSPS) is 10.8. The molecule has 0 heterocycles. The van der Waals surface area contributed by atoms with Gasteiger partial charge in [0.05, 0.1) is 6.61 Å². The third kappa shape index (κ3) is 5.92. The maximum absolute atomic E-state index is 13.8. The summed E-state index contributed by atoms with van der Waals surface area (Å²) in [7, 11) is 0. The summed E-state index contributed by atoms with van der Waals surface area (Å²) in [5, 5.41) is 3.80. The minimum absolute atomic E-state index is 0.0746. The van der Waals surface area contributed by atoms with Gasteiger partial charge < -0.3 is 14.8 Å². The Morgan fingerprint density at radius 2 is 1.59 bits per heavy atom. The van der Waals surface area contributed by atoms with Gasteiger partial charge in [0.1, 0.15) is 18.2 Å². The lowest BCUT2D eigenvalue weighted by atomic mass is 10.1. The zero-order chi connectivity index (χ0) is 20.6. The highest BCUT2D eigenvalue weighted by atomic mass is 35.5. The van der Waals surface area contributed by atoms with Crippen LogP contribution in [-0.2, 0) is 19.7 Å². The van der Waals surface area contributed by atoms with Crippen molar-refractivity contribution in [3.8, 4) is 11.5 Å². The van der Waals surface area contributed by atoms with E-state index in [2.05, 4.69) is 5.32 Å². The Bertz CT molecular complexity index is 948. The highest BCUT2D eigenvalue weighted by molar-refractivity contribution is 6.31. The molecule has 0 saturated carbocycles. The van der Waals surface area contributed by atoms with Gasteiger partial charge in [-0.15, -0.1) is 0 Å². The quantitative estimate of drug-likeness (QED) is 0.471. The van der Waals surface area contributed by atoms with Crippen LogP contribution in [0.4, 0.5) is 8.78 Å². The molecule has 0 spiro atoms. The van der Waals surface area contributed by atoms with E-state index in [0.717, 1.165) is 11.1 Å². The molecule has 6 heteroatoms. The van der Waals surface area contributed by atoms with Crippen LogP contribution in [0.5, 0.6) is 11.5 Å². The predicted octanol–water partition coefficient (Wildman–Crippen LogP) is 5.89. The predicted molar refractivity (Wildman–Crippen MR) is 110 cm³/mol. The minimum Gasteiger partial charge on any atom is -0.490 e. The number of ether oxygens (including phenoxy) is 2. The first-order valence-electron chi connectivity index (χ1n) is 9.33. The van der Waals surface area contributed by atoms with Crippen LogP contribution in [0.25, 0.3) is 0 Å². The Kier molecular flexibility index (Phi) is 7.44. The first kappa shape index (κ1) is 21.1. The molecular formula is C23H22ClF2NO2. The molecule has 0 aliphatic carbocycles. The van der Waals surface area contributed by atoms with Gasteiger partial charge in [-0.05, 0) is 42.3 Å². The SMILES string of the molecule is CCOc1cc(CNCc2ccc(F)cc2)c(Cl)cc1OCc1ccccc1F. The summed E-state index contributed by atoms with van der Waals surface area (Å²) in [6.45, 7) is 3.49. The van der Waals surface area contributed by atoms with Crippen LogP contribution in [0.1, 0.15) is 23.6 Å². The Labute approximate surface area is 174 Å². The fraction of sp³-hybridized carbons (Fsp3) is 0.217. The van der Waals surface area contributed by atoms with E-state index in [1.54, 1.807) is 36.4 Å². The van der Waals surface area contributed by atoms with E-state index in [1.165, 1.54) is 18.2 Å². The number of rotatable bonds is 9. The molecule has 3 nitrogen and oxygen atoms in total. The van der Waals surface area contributed by atoms with Crippen LogP contribution in [0, 0.1) is 11.6 Å². The first-order chi connectivity index (χ1) is 14.1. The van der Waals surface area contributed by atoms with E-state index < -0.39 is 0 Å². The number of halogens is 3. The average Bonchev–Trinajstić information content (AvgIpc) is 2.71. The van der Waals surface area contributed by atoms with Crippen molar-refractivity contribution < 1.29 is 18.3 Å². The zero-order valence-corrected chi connectivity index (χ0v) is 16.8. The first-order valence-corrected chi connectivity index (χ1v) is 9.71. The monoisotopic (exact) mass is 417 g/mol. The fourth-order valence-corrected chi connectivity index (χ4v) is 3.03. The second kappa shape index (κ2) is 10.2. The van der Waals surface area contributed by atoms with Gasteiger partial charge in [0.2, 0.25) is 0 Å². The van der Waals surface area contributed by atoms with Crippen LogP contribution < -0.4 is 14.8 Å². The van der Waals surface area contributed by atoms with Crippen LogP contribution in [0.15, 0.2) is 60.7 Å². The number of nitrogens with one attached hydrogen (secondary N) is 1. The summed E-state index contributed by atoms with van der Waals surface area (Å²) in [4.78, 5) is 0. The molecule has 0 saturated heterocycles. The van der Waals surface area contributed by atoms with Crippen LogP contribution >= 0.6 is 11.6 Å². The molecule has 29 heavy (non-hydrogen) atoms. The van der Waals surface area contributed by atoms with Gasteiger partial charge in [0.15, 0.2) is 11.5 Å². The summed E-state index contributed by atoms with van der Waals surface area (Å²) in [6.07, 6.45) is 0. The summed E-state index contributed by atoms with van der Waals surface area (Å²) in [6, 6.07) is 16.3. The lowest BCUT2D eigenvalue weighted by Crippen LogP contribution is -2.13. The summed E-state index contributed by atoms with van der Waals surface area (Å²) in [5.41, 5.74) is 2.27. The third-order valence-electron chi connectivity index (χ3n) is 4.31. The lowest BCUT2D eigenvalue weighted by Gasteiger charge is -2.15. The van der Waals surface area contributed by atoms with Gasteiger partial charge in [-0.2, -0.15) is 0 Å². The molecule has 0 aromatic heterocycles. The van der Waals surface area contributed by atoms with Gasteiger partial charge in [0, 0.05) is 29.7 Å². The van der Waals surface area contributed by atoms with Gasteiger partial charge in [-0.3, -0.25) is 0 Å². The second-order valence-corrected chi connectivity index (χ2v) is 6.84.